The van der Waals surface area contributed by atoms with E-state index in [1.165, 1.54) is 10.5 Å². The lowest BCUT2D eigenvalue weighted by molar-refractivity contribution is -0.909. The second-order valence-electron chi connectivity index (χ2n) is 7.43. The first-order valence-corrected chi connectivity index (χ1v) is 10.4. The van der Waals surface area contributed by atoms with Gasteiger partial charge in [-0.1, -0.05) is 35.9 Å². The zero-order valence-corrected chi connectivity index (χ0v) is 17.6. The standard InChI is InChI=1S/C23H29N3O4/c1-3-30-23(28)24-20-6-4-5-19(15-20)22(27)25-21(16-26-11-13-29-14-12-26)18-9-7-17(2)8-10-18/h4-10,15,21H,3,11-14,16H2,1-2H3,(H,24,28)(H,25,27)/p+1/t21-/m1/s1. The summed E-state index contributed by atoms with van der Waals surface area (Å²) in [6.07, 6.45) is -0.538. The molecule has 30 heavy (non-hydrogen) atoms. The lowest BCUT2D eigenvalue weighted by Crippen LogP contribution is -3.14. The molecule has 7 heteroatoms. The number of hydrogen-bond acceptors (Lipinski definition) is 4. The second kappa shape index (κ2) is 10.8. The third-order valence-electron chi connectivity index (χ3n) is 5.12. The van der Waals surface area contributed by atoms with Crippen LogP contribution in [-0.2, 0) is 9.47 Å². The van der Waals surface area contributed by atoms with E-state index in [0.29, 0.717) is 11.3 Å². The van der Waals surface area contributed by atoms with E-state index in [1.54, 1.807) is 31.2 Å². The van der Waals surface area contributed by atoms with Gasteiger partial charge in [0, 0.05) is 11.3 Å². The molecule has 2 amide bonds. The van der Waals surface area contributed by atoms with Crippen LogP contribution in [0.2, 0.25) is 0 Å². The van der Waals surface area contributed by atoms with Gasteiger partial charge in [-0.15, -0.1) is 0 Å². The Morgan fingerprint density at radius 2 is 1.87 bits per heavy atom. The van der Waals surface area contributed by atoms with E-state index >= 15 is 0 Å². The van der Waals surface area contributed by atoms with Crippen LogP contribution in [0.15, 0.2) is 48.5 Å². The predicted molar refractivity (Wildman–Crippen MR) is 115 cm³/mol. The minimum absolute atomic E-state index is 0.118. The van der Waals surface area contributed by atoms with Crippen LogP contribution < -0.4 is 15.5 Å². The largest absolute Gasteiger partial charge is 0.450 e. The maximum Gasteiger partial charge on any atom is 0.411 e. The summed E-state index contributed by atoms with van der Waals surface area (Å²) in [5, 5.41) is 5.81. The number of anilines is 1. The van der Waals surface area contributed by atoms with E-state index in [1.807, 2.05) is 6.92 Å². The van der Waals surface area contributed by atoms with Gasteiger partial charge >= 0.3 is 6.09 Å². The van der Waals surface area contributed by atoms with Gasteiger partial charge in [-0.2, -0.15) is 0 Å². The molecule has 1 heterocycles. The summed E-state index contributed by atoms with van der Waals surface area (Å²) in [4.78, 5) is 26.1. The van der Waals surface area contributed by atoms with Crippen LogP contribution in [0, 0.1) is 6.92 Å². The molecule has 0 aliphatic carbocycles. The Hall–Kier alpha value is -2.90. The number of aryl methyl sites for hydroxylation is 1. The van der Waals surface area contributed by atoms with Gasteiger partial charge < -0.3 is 19.7 Å². The summed E-state index contributed by atoms with van der Waals surface area (Å²) in [6, 6.07) is 15.0. The first kappa shape index (κ1) is 21.8. The minimum Gasteiger partial charge on any atom is -0.450 e. The number of morpholine rings is 1. The van der Waals surface area contributed by atoms with Crippen molar-refractivity contribution in [1.29, 1.82) is 0 Å². The van der Waals surface area contributed by atoms with Crippen LogP contribution in [0.3, 0.4) is 0 Å². The third kappa shape index (κ3) is 6.30. The van der Waals surface area contributed by atoms with Crippen molar-refractivity contribution in [2.75, 3.05) is 44.8 Å². The molecule has 1 saturated heterocycles. The number of hydrogen-bond donors (Lipinski definition) is 3. The highest BCUT2D eigenvalue weighted by atomic mass is 16.5. The predicted octanol–water partition coefficient (Wildman–Crippen LogP) is 1.95. The van der Waals surface area contributed by atoms with Gasteiger partial charge in [-0.3, -0.25) is 10.1 Å². The topological polar surface area (TPSA) is 81.1 Å². The van der Waals surface area contributed by atoms with Crippen LogP contribution in [0.1, 0.15) is 34.5 Å². The van der Waals surface area contributed by atoms with Gasteiger partial charge in [0.25, 0.3) is 5.91 Å². The van der Waals surface area contributed by atoms with Crippen LogP contribution in [-0.4, -0.2) is 51.5 Å². The van der Waals surface area contributed by atoms with E-state index in [4.69, 9.17) is 9.47 Å². The fourth-order valence-electron chi connectivity index (χ4n) is 3.47. The summed E-state index contributed by atoms with van der Waals surface area (Å²) in [6.45, 7) is 8.20. The van der Waals surface area contributed by atoms with E-state index in [0.717, 1.165) is 38.4 Å². The summed E-state index contributed by atoms with van der Waals surface area (Å²) >= 11 is 0. The molecule has 1 aliphatic rings. The molecule has 0 spiro atoms. The lowest BCUT2D eigenvalue weighted by atomic mass is 10.0. The number of carbonyl (C=O) groups excluding carboxylic acids is 2. The normalized spacial score (nSPS) is 15.3. The Morgan fingerprint density at radius 3 is 2.57 bits per heavy atom. The van der Waals surface area contributed by atoms with Gasteiger partial charge in [-0.05, 0) is 37.6 Å². The zero-order chi connectivity index (χ0) is 21.3. The van der Waals surface area contributed by atoms with Crippen molar-refractivity contribution >= 4 is 17.7 Å². The lowest BCUT2D eigenvalue weighted by Gasteiger charge is -2.28. The number of benzene rings is 2. The molecule has 1 atom stereocenters. The van der Waals surface area contributed by atoms with Gasteiger partial charge in [0.1, 0.15) is 25.7 Å². The first-order valence-electron chi connectivity index (χ1n) is 10.4. The van der Waals surface area contributed by atoms with Crippen molar-refractivity contribution in [3.8, 4) is 0 Å². The molecule has 0 radical (unpaired) electrons. The fraction of sp³-hybridized carbons (Fsp3) is 0.391. The van der Waals surface area contributed by atoms with Gasteiger partial charge in [0.15, 0.2) is 0 Å². The molecule has 0 saturated carbocycles. The molecule has 0 unspecified atom stereocenters. The van der Waals surface area contributed by atoms with Crippen molar-refractivity contribution in [2.45, 2.75) is 19.9 Å². The Morgan fingerprint density at radius 1 is 1.13 bits per heavy atom. The third-order valence-corrected chi connectivity index (χ3v) is 5.12. The second-order valence-corrected chi connectivity index (χ2v) is 7.43. The quantitative estimate of drug-likeness (QED) is 0.649. The number of nitrogens with one attached hydrogen (secondary N) is 3. The summed E-state index contributed by atoms with van der Waals surface area (Å²) in [5.74, 6) is -0.180. The van der Waals surface area contributed by atoms with Crippen LogP contribution in [0.4, 0.5) is 10.5 Å². The smallest absolute Gasteiger partial charge is 0.411 e. The van der Waals surface area contributed by atoms with E-state index in [-0.39, 0.29) is 18.6 Å². The molecule has 3 rings (SSSR count). The number of ether oxygens (including phenoxy) is 2. The molecule has 7 nitrogen and oxygen atoms in total. The van der Waals surface area contributed by atoms with Crippen molar-refractivity contribution in [3.05, 3.63) is 65.2 Å². The van der Waals surface area contributed by atoms with Crippen LogP contribution >= 0.6 is 0 Å². The van der Waals surface area contributed by atoms with E-state index in [9.17, 15) is 9.59 Å². The van der Waals surface area contributed by atoms with Crippen molar-refractivity contribution in [3.63, 3.8) is 0 Å². The maximum absolute atomic E-state index is 13.0. The number of carbonyl (C=O) groups is 2. The molecule has 0 aromatic heterocycles. The van der Waals surface area contributed by atoms with Crippen LogP contribution in [0.25, 0.3) is 0 Å². The molecule has 2 aromatic rings. The number of rotatable bonds is 7. The van der Waals surface area contributed by atoms with Gasteiger partial charge in [-0.25, -0.2) is 4.79 Å². The highest BCUT2D eigenvalue weighted by molar-refractivity contribution is 5.96. The molecule has 0 bridgehead atoms. The Labute approximate surface area is 177 Å². The van der Waals surface area contributed by atoms with E-state index < -0.39 is 6.09 Å². The zero-order valence-electron chi connectivity index (χ0n) is 17.6. The summed E-state index contributed by atoms with van der Waals surface area (Å²) < 4.78 is 10.4. The van der Waals surface area contributed by atoms with Crippen molar-refractivity contribution in [2.24, 2.45) is 0 Å². The molecule has 1 aliphatic heterocycles. The Balaban J connectivity index is 1.73. The average Bonchev–Trinajstić information content (AvgIpc) is 2.75. The highest BCUT2D eigenvalue weighted by Crippen LogP contribution is 2.16. The van der Waals surface area contributed by atoms with Crippen molar-refractivity contribution < 1.29 is 24.0 Å². The first-order chi connectivity index (χ1) is 14.5. The molecule has 160 valence electrons. The van der Waals surface area contributed by atoms with Gasteiger partial charge in [0.05, 0.1) is 19.8 Å². The summed E-state index contributed by atoms with van der Waals surface area (Å²) in [7, 11) is 0. The maximum atomic E-state index is 13.0. The molecule has 2 aromatic carbocycles. The summed E-state index contributed by atoms with van der Waals surface area (Å²) in [5.41, 5.74) is 3.26. The van der Waals surface area contributed by atoms with Crippen LogP contribution in [0.5, 0.6) is 0 Å². The Bertz CT molecular complexity index is 848. The molecule has 3 N–H and O–H groups in total. The highest BCUT2D eigenvalue weighted by Gasteiger charge is 2.23. The van der Waals surface area contributed by atoms with Gasteiger partial charge in [0.2, 0.25) is 0 Å². The number of amides is 2. The minimum atomic E-state index is -0.538. The number of quaternary nitrogens is 1. The molecular weight excluding hydrogens is 382 g/mol. The monoisotopic (exact) mass is 412 g/mol. The molecule has 1 fully saturated rings. The Kier molecular flexibility index (Phi) is 7.82. The fourth-order valence-corrected chi connectivity index (χ4v) is 3.47. The van der Waals surface area contributed by atoms with E-state index in [2.05, 4.69) is 34.9 Å². The molecular formula is C23H30N3O4+. The van der Waals surface area contributed by atoms with Crippen molar-refractivity contribution in [1.82, 2.24) is 5.32 Å². The average molecular weight is 413 g/mol. The SMILES string of the molecule is CCOC(=O)Nc1cccc(C(=O)N[C@H](C[NH+]2CCOCC2)c2ccc(C)cc2)c1.